The highest BCUT2D eigenvalue weighted by Gasteiger charge is 2.15. The van der Waals surface area contributed by atoms with Gasteiger partial charge < -0.3 is 4.74 Å². The molecule has 2 aromatic carbocycles. The van der Waals surface area contributed by atoms with Crippen LogP contribution in [0.2, 0.25) is 0 Å². The molecule has 1 atom stereocenters. The third kappa shape index (κ3) is 5.12. The smallest absolute Gasteiger partial charge is 0.280 e. The standard InChI is InChI=1S/C19H18N4O4/c1-12-4-7-16(10-18(12)23(25)26)13(2)21-22-19(24)14(3)27-17-8-5-15(11-20)6-9-17/h4-10,14H,1-3H3,(H,22,24)/b21-13+. The fourth-order valence-corrected chi connectivity index (χ4v) is 2.19. The van der Waals surface area contributed by atoms with Crippen molar-refractivity contribution < 1.29 is 14.5 Å². The van der Waals surface area contributed by atoms with Crippen LogP contribution < -0.4 is 10.2 Å². The maximum Gasteiger partial charge on any atom is 0.280 e. The second-order valence-electron chi connectivity index (χ2n) is 5.83. The zero-order valence-corrected chi connectivity index (χ0v) is 15.1. The lowest BCUT2D eigenvalue weighted by atomic mass is 10.1. The number of hydrazone groups is 1. The molecule has 1 unspecified atom stereocenters. The zero-order valence-electron chi connectivity index (χ0n) is 15.1. The number of nitro groups is 1. The van der Waals surface area contributed by atoms with E-state index >= 15 is 0 Å². The van der Waals surface area contributed by atoms with Crippen LogP contribution >= 0.6 is 0 Å². The van der Waals surface area contributed by atoms with Gasteiger partial charge in [-0.25, -0.2) is 5.43 Å². The summed E-state index contributed by atoms with van der Waals surface area (Å²) in [4.78, 5) is 22.7. The maximum absolute atomic E-state index is 12.1. The molecule has 0 saturated heterocycles. The van der Waals surface area contributed by atoms with E-state index in [0.717, 1.165) is 0 Å². The lowest BCUT2D eigenvalue weighted by Crippen LogP contribution is -2.33. The molecule has 0 saturated carbocycles. The van der Waals surface area contributed by atoms with Crippen molar-refractivity contribution in [2.45, 2.75) is 26.9 Å². The van der Waals surface area contributed by atoms with Gasteiger partial charge in [0.25, 0.3) is 11.6 Å². The van der Waals surface area contributed by atoms with Crippen molar-refractivity contribution in [1.29, 1.82) is 5.26 Å². The average Bonchev–Trinajstić information content (AvgIpc) is 2.66. The Hall–Kier alpha value is -3.73. The molecule has 2 aromatic rings. The zero-order chi connectivity index (χ0) is 20.0. The van der Waals surface area contributed by atoms with Crippen molar-refractivity contribution >= 4 is 17.3 Å². The minimum absolute atomic E-state index is 0.00843. The topological polar surface area (TPSA) is 118 Å². The number of nitriles is 1. The molecule has 8 nitrogen and oxygen atoms in total. The van der Waals surface area contributed by atoms with Gasteiger partial charge in [0.05, 0.1) is 22.3 Å². The van der Waals surface area contributed by atoms with Gasteiger partial charge in [0, 0.05) is 17.2 Å². The Morgan fingerprint density at radius 3 is 2.56 bits per heavy atom. The van der Waals surface area contributed by atoms with Crippen molar-refractivity contribution in [3.63, 3.8) is 0 Å². The van der Waals surface area contributed by atoms with Gasteiger partial charge in [-0.15, -0.1) is 0 Å². The Balaban J connectivity index is 2.03. The molecule has 0 spiro atoms. The number of ether oxygens (including phenoxy) is 1. The Bertz CT molecular complexity index is 930. The van der Waals surface area contributed by atoms with Crippen LogP contribution in [-0.2, 0) is 4.79 Å². The van der Waals surface area contributed by atoms with E-state index < -0.39 is 16.9 Å². The number of carbonyl (C=O) groups is 1. The van der Waals surface area contributed by atoms with E-state index in [1.54, 1.807) is 57.2 Å². The number of nitro benzene ring substituents is 1. The van der Waals surface area contributed by atoms with Crippen LogP contribution in [0.15, 0.2) is 47.6 Å². The first kappa shape index (κ1) is 19.6. The van der Waals surface area contributed by atoms with Gasteiger partial charge >= 0.3 is 0 Å². The minimum Gasteiger partial charge on any atom is -0.481 e. The van der Waals surface area contributed by atoms with Gasteiger partial charge in [-0.2, -0.15) is 10.4 Å². The predicted octanol–water partition coefficient (Wildman–Crippen LogP) is 3.08. The summed E-state index contributed by atoms with van der Waals surface area (Å²) in [6, 6.07) is 13.1. The fourth-order valence-electron chi connectivity index (χ4n) is 2.19. The summed E-state index contributed by atoms with van der Waals surface area (Å²) >= 11 is 0. The summed E-state index contributed by atoms with van der Waals surface area (Å²) < 4.78 is 5.50. The quantitative estimate of drug-likeness (QED) is 0.479. The van der Waals surface area contributed by atoms with Gasteiger partial charge in [0.15, 0.2) is 6.10 Å². The minimum atomic E-state index is -0.818. The molecule has 1 N–H and O–H groups in total. The predicted molar refractivity (Wildman–Crippen MR) is 99.4 cm³/mol. The molecule has 2 rings (SSSR count). The number of benzene rings is 2. The van der Waals surface area contributed by atoms with Gasteiger partial charge in [-0.1, -0.05) is 12.1 Å². The number of carbonyl (C=O) groups excluding carboxylic acids is 1. The van der Waals surface area contributed by atoms with E-state index in [-0.39, 0.29) is 5.69 Å². The highest BCUT2D eigenvalue weighted by Crippen LogP contribution is 2.19. The summed E-state index contributed by atoms with van der Waals surface area (Å²) in [5.41, 5.74) is 4.38. The van der Waals surface area contributed by atoms with Crippen LogP contribution in [0.1, 0.15) is 30.5 Å². The first-order valence-corrected chi connectivity index (χ1v) is 8.08. The molecule has 0 heterocycles. The molecule has 8 heteroatoms. The average molecular weight is 366 g/mol. The van der Waals surface area contributed by atoms with Gasteiger partial charge in [-0.05, 0) is 45.0 Å². The number of aryl methyl sites for hydroxylation is 1. The number of nitrogens with zero attached hydrogens (tertiary/aromatic N) is 3. The Morgan fingerprint density at radius 1 is 1.30 bits per heavy atom. The monoisotopic (exact) mass is 366 g/mol. The molecule has 0 bridgehead atoms. The molecular weight excluding hydrogens is 348 g/mol. The molecule has 27 heavy (non-hydrogen) atoms. The number of rotatable bonds is 6. The summed E-state index contributed by atoms with van der Waals surface area (Å²) in [6.45, 7) is 4.86. The van der Waals surface area contributed by atoms with Gasteiger partial charge in [0.1, 0.15) is 5.75 Å². The molecule has 1 amide bonds. The lowest BCUT2D eigenvalue weighted by Gasteiger charge is -2.13. The van der Waals surface area contributed by atoms with Crippen molar-refractivity contribution in [1.82, 2.24) is 5.43 Å². The first-order valence-electron chi connectivity index (χ1n) is 8.08. The summed E-state index contributed by atoms with van der Waals surface area (Å²) in [5, 5.41) is 23.8. The fraction of sp³-hybridized carbons (Fsp3) is 0.211. The van der Waals surface area contributed by atoms with Crippen LogP contribution in [0.4, 0.5) is 5.69 Å². The Labute approximate surface area is 156 Å². The number of nitrogens with one attached hydrogen (secondary N) is 1. The highest BCUT2D eigenvalue weighted by molar-refractivity contribution is 6.00. The largest absolute Gasteiger partial charge is 0.481 e. The molecule has 0 aliphatic heterocycles. The molecule has 0 fully saturated rings. The summed E-state index contributed by atoms with van der Waals surface area (Å²) in [6.07, 6.45) is -0.818. The SMILES string of the molecule is C/C(=N\NC(=O)C(C)Oc1ccc(C#N)cc1)c1ccc(C)c([N+](=O)[O-])c1. The highest BCUT2D eigenvalue weighted by atomic mass is 16.6. The summed E-state index contributed by atoms with van der Waals surface area (Å²) in [7, 11) is 0. The second-order valence-corrected chi connectivity index (χ2v) is 5.83. The molecule has 0 aliphatic carbocycles. The van der Waals surface area contributed by atoms with E-state index in [2.05, 4.69) is 10.5 Å². The number of amides is 1. The van der Waals surface area contributed by atoms with E-state index in [1.807, 2.05) is 6.07 Å². The maximum atomic E-state index is 12.1. The molecular formula is C19H18N4O4. The van der Waals surface area contributed by atoms with E-state index in [1.165, 1.54) is 6.07 Å². The van der Waals surface area contributed by atoms with Crippen LogP contribution in [0.25, 0.3) is 0 Å². The Kier molecular flexibility index (Phi) is 6.23. The molecule has 0 radical (unpaired) electrons. The van der Waals surface area contributed by atoms with Crippen molar-refractivity contribution in [2.24, 2.45) is 5.10 Å². The van der Waals surface area contributed by atoms with Crippen LogP contribution in [0, 0.1) is 28.4 Å². The van der Waals surface area contributed by atoms with Crippen molar-refractivity contribution in [3.05, 3.63) is 69.3 Å². The molecule has 0 aromatic heterocycles. The summed E-state index contributed by atoms with van der Waals surface area (Å²) in [5.74, 6) is -0.0215. The normalized spacial score (nSPS) is 12.0. The van der Waals surface area contributed by atoms with Crippen LogP contribution in [0.5, 0.6) is 5.75 Å². The van der Waals surface area contributed by atoms with Crippen LogP contribution in [0.3, 0.4) is 0 Å². The third-order valence-corrected chi connectivity index (χ3v) is 3.82. The lowest BCUT2D eigenvalue weighted by molar-refractivity contribution is -0.385. The third-order valence-electron chi connectivity index (χ3n) is 3.82. The van der Waals surface area contributed by atoms with E-state index in [4.69, 9.17) is 10.00 Å². The van der Waals surface area contributed by atoms with Crippen molar-refractivity contribution in [3.8, 4) is 11.8 Å². The first-order chi connectivity index (χ1) is 12.8. The van der Waals surface area contributed by atoms with E-state index in [0.29, 0.717) is 28.2 Å². The Morgan fingerprint density at radius 2 is 1.96 bits per heavy atom. The molecule has 138 valence electrons. The molecule has 0 aliphatic rings. The number of hydrogen-bond acceptors (Lipinski definition) is 6. The van der Waals surface area contributed by atoms with Crippen molar-refractivity contribution in [2.75, 3.05) is 0 Å². The van der Waals surface area contributed by atoms with Crippen LogP contribution in [-0.4, -0.2) is 22.6 Å². The van der Waals surface area contributed by atoms with Gasteiger partial charge in [-0.3, -0.25) is 14.9 Å². The second kappa shape index (κ2) is 8.58. The van der Waals surface area contributed by atoms with E-state index in [9.17, 15) is 14.9 Å². The van der Waals surface area contributed by atoms with Gasteiger partial charge in [0.2, 0.25) is 0 Å². The number of hydrogen-bond donors (Lipinski definition) is 1.